The Hall–Kier alpha value is -4.30. The molecule has 3 aromatic carbocycles. The van der Waals surface area contributed by atoms with Crippen LogP contribution in [0.1, 0.15) is 26.5 Å². The van der Waals surface area contributed by atoms with Gasteiger partial charge >= 0.3 is 5.97 Å². The van der Waals surface area contributed by atoms with E-state index in [0.29, 0.717) is 15.4 Å². The molecule has 0 amide bonds. The van der Waals surface area contributed by atoms with Gasteiger partial charge in [0.1, 0.15) is 26.7 Å². The number of rotatable bonds is 7. The fourth-order valence-corrected chi connectivity index (χ4v) is 6.93. The van der Waals surface area contributed by atoms with Crippen molar-refractivity contribution in [3.8, 4) is 17.2 Å². The summed E-state index contributed by atoms with van der Waals surface area (Å²) in [6.07, 6.45) is 1.27. The third kappa shape index (κ3) is 5.33. The Morgan fingerprint density at radius 2 is 1.74 bits per heavy atom. The molecular weight excluding hydrogens is 558 g/mol. The summed E-state index contributed by atoms with van der Waals surface area (Å²) in [4.78, 5) is 29.5. The van der Waals surface area contributed by atoms with Crippen LogP contribution in [-0.2, 0) is 22.1 Å². The van der Waals surface area contributed by atoms with Crippen molar-refractivity contribution in [3.05, 3.63) is 116 Å². The van der Waals surface area contributed by atoms with Crippen LogP contribution >= 0.6 is 22.9 Å². The highest BCUT2D eigenvalue weighted by atomic mass is 35.5. The molecule has 8 nitrogen and oxygen atoms in total. The Morgan fingerprint density at radius 1 is 1.05 bits per heavy atom. The first kappa shape index (κ1) is 26.3. The predicted molar refractivity (Wildman–Crippen MR) is 149 cm³/mol. The van der Waals surface area contributed by atoms with Crippen LogP contribution in [0.5, 0.6) is 0 Å². The van der Waals surface area contributed by atoms with Crippen LogP contribution in [0.15, 0.2) is 88.7 Å². The molecule has 5 rings (SSSR count). The largest absolute Gasteiger partial charge is 0.477 e. The van der Waals surface area contributed by atoms with Gasteiger partial charge in [0, 0.05) is 17.8 Å². The zero-order valence-electron chi connectivity index (χ0n) is 20.0. The number of aromatic nitrogens is 2. The minimum Gasteiger partial charge on any atom is -0.477 e. The number of hydrogen-bond acceptors (Lipinski definition) is 7. The minimum absolute atomic E-state index is 0.0131. The molecule has 194 valence electrons. The molecule has 0 aliphatic carbocycles. The molecule has 2 aromatic heterocycles. The van der Waals surface area contributed by atoms with Crippen molar-refractivity contribution >= 4 is 49.1 Å². The topological polar surface area (TPSA) is 130 Å². The van der Waals surface area contributed by atoms with Crippen molar-refractivity contribution in [3.63, 3.8) is 0 Å². The normalized spacial score (nSPS) is 11.4. The SMILES string of the molecule is N#Cc1ccc(S(=O)(=O)Cc2nc3c(=O)c(C(=O)O)cn(Cc4ccccc4-c4ccc(Cl)cc4)c3s2)cc1. The number of halogens is 1. The van der Waals surface area contributed by atoms with E-state index in [4.69, 9.17) is 16.9 Å². The lowest BCUT2D eigenvalue weighted by Gasteiger charge is -2.13. The number of aromatic carboxylic acids is 1. The van der Waals surface area contributed by atoms with Crippen LogP contribution in [-0.4, -0.2) is 29.0 Å². The van der Waals surface area contributed by atoms with Crippen molar-refractivity contribution in [1.82, 2.24) is 9.55 Å². The highest BCUT2D eigenvalue weighted by Crippen LogP contribution is 2.29. The Kier molecular flexibility index (Phi) is 7.06. The molecule has 0 spiro atoms. The minimum atomic E-state index is -3.84. The van der Waals surface area contributed by atoms with Crippen LogP contribution in [0.4, 0.5) is 0 Å². The molecular formula is C28H18ClN3O5S2. The van der Waals surface area contributed by atoms with Crippen molar-refractivity contribution in [1.29, 1.82) is 5.26 Å². The Balaban J connectivity index is 1.59. The number of benzene rings is 3. The lowest BCUT2D eigenvalue weighted by Crippen LogP contribution is -2.19. The molecule has 1 N–H and O–H groups in total. The molecule has 2 heterocycles. The quantitative estimate of drug-likeness (QED) is 0.276. The maximum Gasteiger partial charge on any atom is 0.341 e. The third-order valence-corrected chi connectivity index (χ3v) is 9.23. The predicted octanol–water partition coefficient (Wildman–Crippen LogP) is 5.37. The maximum absolute atomic E-state index is 13.0. The molecule has 0 aliphatic rings. The highest BCUT2D eigenvalue weighted by molar-refractivity contribution is 7.90. The molecule has 11 heteroatoms. The van der Waals surface area contributed by atoms with Crippen LogP contribution in [0.2, 0.25) is 5.02 Å². The van der Waals surface area contributed by atoms with Gasteiger partial charge in [-0.2, -0.15) is 5.26 Å². The summed E-state index contributed by atoms with van der Waals surface area (Å²) in [6, 6.07) is 22.3. The van der Waals surface area contributed by atoms with Gasteiger partial charge in [-0.3, -0.25) is 4.79 Å². The van der Waals surface area contributed by atoms with Gasteiger partial charge in [-0.15, -0.1) is 0 Å². The van der Waals surface area contributed by atoms with Gasteiger partial charge in [0.25, 0.3) is 0 Å². The number of pyridine rings is 1. The van der Waals surface area contributed by atoms with E-state index in [2.05, 4.69) is 4.98 Å². The smallest absolute Gasteiger partial charge is 0.341 e. The van der Waals surface area contributed by atoms with Gasteiger partial charge in [0.05, 0.1) is 16.5 Å². The number of sulfone groups is 1. The van der Waals surface area contributed by atoms with E-state index in [9.17, 15) is 23.1 Å². The van der Waals surface area contributed by atoms with Gasteiger partial charge in [0.2, 0.25) is 5.43 Å². The van der Waals surface area contributed by atoms with Crippen LogP contribution in [0.3, 0.4) is 0 Å². The van der Waals surface area contributed by atoms with E-state index in [1.165, 1.54) is 30.5 Å². The van der Waals surface area contributed by atoms with E-state index in [-0.39, 0.29) is 22.0 Å². The lowest BCUT2D eigenvalue weighted by atomic mass is 9.99. The molecule has 0 saturated heterocycles. The zero-order valence-corrected chi connectivity index (χ0v) is 22.4. The third-order valence-electron chi connectivity index (χ3n) is 6.06. The first-order valence-electron chi connectivity index (χ1n) is 11.5. The number of fused-ring (bicyclic) bond motifs is 1. The maximum atomic E-state index is 13.0. The lowest BCUT2D eigenvalue weighted by molar-refractivity contribution is 0.0694. The Labute approximate surface area is 231 Å². The molecule has 0 unspecified atom stereocenters. The van der Waals surface area contributed by atoms with Gasteiger partial charge in [0.15, 0.2) is 9.84 Å². The highest BCUT2D eigenvalue weighted by Gasteiger charge is 2.23. The average molecular weight is 576 g/mol. The summed E-state index contributed by atoms with van der Waals surface area (Å²) >= 11 is 7.07. The summed E-state index contributed by atoms with van der Waals surface area (Å²) in [5.74, 6) is -1.89. The number of carbonyl (C=O) groups is 1. The molecule has 0 saturated carbocycles. The van der Waals surface area contributed by atoms with E-state index in [0.717, 1.165) is 28.0 Å². The van der Waals surface area contributed by atoms with Crippen LogP contribution in [0.25, 0.3) is 21.5 Å². The Morgan fingerprint density at radius 3 is 2.41 bits per heavy atom. The summed E-state index contributed by atoms with van der Waals surface area (Å²) < 4.78 is 27.7. The summed E-state index contributed by atoms with van der Waals surface area (Å²) in [7, 11) is -3.84. The summed E-state index contributed by atoms with van der Waals surface area (Å²) in [6.45, 7) is 0.208. The fourth-order valence-electron chi connectivity index (χ4n) is 4.17. The molecule has 5 aromatic rings. The number of thiazole rings is 1. The van der Waals surface area contributed by atoms with E-state index in [1.807, 2.05) is 42.5 Å². The van der Waals surface area contributed by atoms with Crippen molar-refractivity contribution in [2.75, 3.05) is 0 Å². The van der Waals surface area contributed by atoms with Crippen molar-refractivity contribution in [2.45, 2.75) is 17.2 Å². The number of nitrogens with zero attached hydrogens (tertiary/aromatic N) is 3. The number of hydrogen-bond donors (Lipinski definition) is 1. The van der Waals surface area contributed by atoms with E-state index >= 15 is 0 Å². The molecule has 0 radical (unpaired) electrons. The first-order valence-corrected chi connectivity index (χ1v) is 14.3. The van der Waals surface area contributed by atoms with E-state index in [1.54, 1.807) is 16.7 Å². The van der Waals surface area contributed by atoms with Gasteiger partial charge in [-0.25, -0.2) is 18.2 Å². The molecule has 0 aliphatic heterocycles. The first-order chi connectivity index (χ1) is 18.7. The molecule has 0 fully saturated rings. The Bertz CT molecular complexity index is 1940. The zero-order chi connectivity index (χ0) is 27.7. The van der Waals surface area contributed by atoms with Gasteiger partial charge < -0.3 is 9.67 Å². The average Bonchev–Trinajstić information content (AvgIpc) is 3.35. The molecule has 0 bridgehead atoms. The second kappa shape index (κ2) is 10.5. The molecule has 39 heavy (non-hydrogen) atoms. The van der Waals surface area contributed by atoms with Crippen molar-refractivity contribution < 1.29 is 18.3 Å². The second-order valence-electron chi connectivity index (χ2n) is 8.63. The van der Waals surface area contributed by atoms with Gasteiger partial charge in [-0.05, 0) is 53.1 Å². The van der Waals surface area contributed by atoms with E-state index < -0.39 is 32.6 Å². The molecule has 0 atom stereocenters. The van der Waals surface area contributed by atoms with Gasteiger partial charge in [-0.1, -0.05) is 59.3 Å². The second-order valence-corrected chi connectivity index (χ2v) is 12.1. The summed E-state index contributed by atoms with van der Waals surface area (Å²) in [5.41, 5.74) is 1.63. The fraction of sp³-hybridized carbons (Fsp3) is 0.0714. The van der Waals surface area contributed by atoms with Crippen molar-refractivity contribution in [2.24, 2.45) is 0 Å². The van der Waals surface area contributed by atoms with Crippen LogP contribution < -0.4 is 5.43 Å². The monoisotopic (exact) mass is 575 g/mol. The standard InChI is InChI=1S/C28H18ClN3O5S2/c29-20-9-7-18(8-10-20)22-4-2-1-3-19(22)14-32-15-23(28(34)35)26(33)25-27(32)38-24(31-25)16-39(36,37)21-11-5-17(13-30)6-12-21/h1-12,15H,14,16H2,(H,34,35). The summed E-state index contributed by atoms with van der Waals surface area (Å²) in [5, 5.41) is 19.4. The number of carboxylic acids is 1. The van der Waals surface area contributed by atoms with Crippen LogP contribution in [0, 0.1) is 11.3 Å². The number of nitriles is 1. The number of carboxylic acid groups (broad SMARTS) is 1.